The third-order valence-corrected chi connectivity index (χ3v) is 12.0. The van der Waals surface area contributed by atoms with Gasteiger partial charge in [-0.3, -0.25) is 19.6 Å². The van der Waals surface area contributed by atoms with Gasteiger partial charge in [0, 0.05) is 60.2 Å². The Morgan fingerprint density at radius 3 is 1.42 bits per heavy atom. The molecule has 8 rings (SSSR count). The van der Waals surface area contributed by atoms with Crippen molar-refractivity contribution in [3.05, 3.63) is 203 Å². The van der Waals surface area contributed by atoms with Gasteiger partial charge in [0.1, 0.15) is 34.6 Å². The van der Waals surface area contributed by atoms with Crippen molar-refractivity contribution in [2.75, 3.05) is 13.2 Å². The van der Waals surface area contributed by atoms with Crippen LogP contribution in [-0.2, 0) is 32.0 Å². The molecule has 2 unspecified atom stereocenters. The van der Waals surface area contributed by atoms with Gasteiger partial charge in [-0.15, -0.1) is 0 Å². The zero-order chi connectivity index (χ0) is 50.9. The topological polar surface area (TPSA) is 162 Å². The van der Waals surface area contributed by atoms with Gasteiger partial charge in [0.25, 0.3) is 0 Å². The normalized spacial score (nSPS) is 11.4. The second kappa shape index (κ2) is 26.7. The average Bonchev–Trinajstić information content (AvgIpc) is 3.36. The Kier molecular flexibility index (Phi) is 20.3. The number of benzene rings is 6. The summed E-state index contributed by atoms with van der Waals surface area (Å²) >= 11 is 0. The van der Waals surface area contributed by atoms with Crippen LogP contribution < -0.4 is 14.2 Å². The number of phenolic OH excluding ortho intramolecular Hbond substituents is 1. The molecule has 0 saturated carbocycles. The summed E-state index contributed by atoms with van der Waals surface area (Å²) < 4.78 is 16.2. The second-order valence-electron chi connectivity index (χ2n) is 17.5. The lowest BCUT2D eigenvalue weighted by Gasteiger charge is -2.15. The third-order valence-electron chi connectivity index (χ3n) is 12.0. The quantitative estimate of drug-likeness (QED) is 0.0660. The number of carboxylic acids is 1. The van der Waals surface area contributed by atoms with E-state index in [-0.39, 0.29) is 44.0 Å². The molecule has 2 heterocycles. The van der Waals surface area contributed by atoms with E-state index in [2.05, 4.69) is 16.0 Å². The Balaban J connectivity index is 0.000000230. The third kappa shape index (κ3) is 15.9. The van der Waals surface area contributed by atoms with E-state index in [0.717, 1.165) is 60.5 Å². The average molecular weight is 969 g/mol. The molecule has 0 saturated heterocycles. The standard InChI is InChI=1S/C30H29NO4.C22H21NO4.C8H10O.CH4/c1-4-27(28(32)17-22-6-7-25-18-31-14-13-24(25)16-22)23-8-10-26(11-9-23)34-19-30(33)35-29-12-5-20(2)15-21(29)3;1-2-20(16-5-7-19(8-6-16)27-14-22(25)26)21(24)12-15-3-4-18-13-23-10-9-17(18)11-15;1-6-3-4-8(9)7(2)5-6;/h5-16,18,27H,4,17,19H2,1-3H3;3-11,13,20H,2,12,14H2,1H3,(H,25,26);3-5,9H,1-2H3;1H4. The number of pyridine rings is 2. The molecule has 11 nitrogen and oxygen atoms in total. The van der Waals surface area contributed by atoms with E-state index in [0.29, 0.717) is 48.7 Å². The lowest BCUT2D eigenvalue weighted by Crippen LogP contribution is -2.18. The lowest BCUT2D eigenvalue weighted by atomic mass is 9.88. The SMILES string of the molecule is C.CCC(C(=O)Cc1ccc2cnccc2c1)c1ccc(OCC(=O)O)cc1.CCC(C(=O)Cc1ccc2cnccc2c1)c1ccc(OCC(=O)Oc2ccc(C)cc2C)cc1.Cc1ccc(O)c(C)c1. The van der Waals surface area contributed by atoms with Crippen molar-refractivity contribution in [2.24, 2.45) is 0 Å². The first-order valence-electron chi connectivity index (χ1n) is 23.6. The number of nitrogens with zero attached hydrogens (tertiary/aromatic N) is 2. The number of aliphatic carboxylic acids is 1. The van der Waals surface area contributed by atoms with Gasteiger partial charge in [0.05, 0.1) is 0 Å². The van der Waals surface area contributed by atoms with Crippen molar-refractivity contribution >= 4 is 45.0 Å². The molecule has 72 heavy (non-hydrogen) atoms. The van der Waals surface area contributed by atoms with Crippen molar-refractivity contribution in [3.63, 3.8) is 0 Å². The van der Waals surface area contributed by atoms with Gasteiger partial charge >= 0.3 is 11.9 Å². The van der Waals surface area contributed by atoms with E-state index in [1.807, 2.05) is 145 Å². The summed E-state index contributed by atoms with van der Waals surface area (Å²) in [5, 5.41) is 22.0. The second-order valence-corrected chi connectivity index (χ2v) is 17.5. The molecular weight excluding hydrogens is 905 g/mol. The van der Waals surface area contributed by atoms with Crippen LogP contribution in [0.5, 0.6) is 23.0 Å². The molecule has 0 aliphatic carbocycles. The van der Waals surface area contributed by atoms with E-state index in [4.69, 9.17) is 24.4 Å². The predicted octanol–water partition coefficient (Wildman–Crippen LogP) is 12.8. The maximum absolute atomic E-state index is 13.1. The van der Waals surface area contributed by atoms with E-state index >= 15 is 0 Å². The zero-order valence-corrected chi connectivity index (χ0v) is 41.1. The summed E-state index contributed by atoms with van der Waals surface area (Å²) in [4.78, 5) is 57.0. The van der Waals surface area contributed by atoms with Crippen LogP contribution in [-0.4, -0.2) is 56.9 Å². The van der Waals surface area contributed by atoms with Gasteiger partial charge in [-0.2, -0.15) is 0 Å². The van der Waals surface area contributed by atoms with Crippen LogP contribution in [0.4, 0.5) is 0 Å². The highest BCUT2D eigenvalue weighted by molar-refractivity contribution is 5.90. The number of phenols is 1. The minimum absolute atomic E-state index is 0. The molecular formula is C61H64N2O9. The summed E-state index contributed by atoms with van der Waals surface area (Å²) in [6, 6.07) is 41.6. The number of carboxylic acid groups (broad SMARTS) is 1. The number of carbonyl (C=O) groups excluding carboxylic acids is 3. The van der Waals surface area contributed by atoms with Crippen LogP contribution >= 0.6 is 0 Å². The Bertz CT molecular complexity index is 3090. The number of aromatic hydroxyl groups is 1. The molecule has 11 heteroatoms. The summed E-state index contributed by atoms with van der Waals surface area (Å²) in [6.07, 6.45) is 9.29. The number of hydrogen-bond acceptors (Lipinski definition) is 10. The van der Waals surface area contributed by atoms with Gasteiger partial charge in [-0.05, 0) is 133 Å². The summed E-state index contributed by atoms with van der Waals surface area (Å²) in [5.41, 5.74) is 7.96. The number of rotatable bonds is 17. The Labute approximate surface area is 422 Å². The van der Waals surface area contributed by atoms with Crippen LogP contribution in [0.3, 0.4) is 0 Å². The number of ketones is 2. The molecule has 2 N–H and O–H groups in total. The molecule has 6 aromatic carbocycles. The van der Waals surface area contributed by atoms with Crippen LogP contribution in [0.15, 0.2) is 158 Å². The number of carbonyl (C=O) groups is 4. The number of ether oxygens (including phenoxy) is 3. The van der Waals surface area contributed by atoms with Crippen LogP contribution in [0.1, 0.15) is 90.5 Å². The van der Waals surface area contributed by atoms with Gasteiger partial charge in [-0.1, -0.05) is 117 Å². The van der Waals surface area contributed by atoms with Crippen molar-refractivity contribution in [2.45, 2.75) is 86.5 Å². The molecule has 0 aliphatic heterocycles. The molecule has 0 radical (unpaired) electrons. The number of fused-ring (bicyclic) bond motifs is 2. The number of aromatic nitrogens is 2. The van der Waals surface area contributed by atoms with Crippen molar-refractivity contribution < 1.29 is 43.6 Å². The molecule has 0 fully saturated rings. The fraction of sp³-hybridized carbons (Fsp3) is 0.246. The van der Waals surface area contributed by atoms with Crippen LogP contribution in [0, 0.1) is 27.7 Å². The molecule has 0 spiro atoms. The maximum atomic E-state index is 13.1. The van der Waals surface area contributed by atoms with E-state index in [1.165, 1.54) is 5.56 Å². The highest BCUT2D eigenvalue weighted by Gasteiger charge is 2.21. The van der Waals surface area contributed by atoms with E-state index in [9.17, 15) is 19.2 Å². The predicted molar refractivity (Wildman–Crippen MR) is 284 cm³/mol. The Hall–Kier alpha value is -8.18. The largest absolute Gasteiger partial charge is 0.508 e. The molecule has 0 aliphatic rings. The Morgan fingerprint density at radius 1 is 0.528 bits per heavy atom. The molecule has 372 valence electrons. The molecule has 8 aromatic rings. The van der Waals surface area contributed by atoms with Crippen LogP contribution in [0.2, 0.25) is 0 Å². The van der Waals surface area contributed by atoms with Gasteiger partial charge in [0.15, 0.2) is 13.2 Å². The molecule has 0 bridgehead atoms. The fourth-order valence-corrected chi connectivity index (χ4v) is 8.18. The van der Waals surface area contributed by atoms with Crippen molar-refractivity contribution in [1.82, 2.24) is 9.97 Å². The molecule has 2 atom stereocenters. The van der Waals surface area contributed by atoms with E-state index < -0.39 is 11.9 Å². The number of Topliss-reactive ketones (excluding diaryl/α,β-unsaturated/α-hetero) is 2. The van der Waals surface area contributed by atoms with Gasteiger partial charge in [0.2, 0.25) is 0 Å². The highest BCUT2D eigenvalue weighted by atomic mass is 16.6. The molecule has 2 aromatic heterocycles. The summed E-state index contributed by atoms with van der Waals surface area (Å²) in [6.45, 7) is 11.2. The van der Waals surface area contributed by atoms with Crippen molar-refractivity contribution in [3.8, 4) is 23.0 Å². The smallest absolute Gasteiger partial charge is 0.349 e. The molecule has 0 amide bonds. The summed E-state index contributed by atoms with van der Waals surface area (Å²) in [7, 11) is 0. The lowest BCUT2D eigenvalue weighted by molar-refractivity contribution is -0.139. The first kappa shape index (κ1) is 54.8. The Morgan fingerprint density at radius 2 is 0.986 bits per heavy atom. The van der Waals surface area contributed by atoms with Gasteiger partial charge < -0.3 is 24.4 Å². The van der Waals surface area contributed by atoms with Crippen molar-refractivity contribution in [1.29, 1.82) is 0 Å². The summed E-state index contributed by atoms with van der Waals surface area (Å²) in [5.74, 6) is 0.381. The van der Waals surface area contributed by atoms with Crippen LogP contribution in [0.25, 0.3) is 21.5 Å². The zero-order valence-electron chi connectivity index (χ0n) is 41.1. The fourth-order valence-electron chi connectivity index (χ4n) is 8.18. The first-order valence-corrected chi connectivity index (χ1v) is 23.6. The maximum Gasteiger partial charge on any atom is 0.349 e. The number of hydrogen-bond donors (Lipinski definition) is 2. The minimum atomic E-state index is -1.02. The van der Waals surface area contributed by atoms with Gasteiger partial charge in [-0.25, -0.2) is 9.59 Å². The monoisotopic (exact) mass is 968 g/mol. The number of esters is 1. The van der Waals surface area contributed by atoms with E-state index in [1.54, 1.807) is 48.8 Å². The first-order chi connectivity index (χ1) is 34.2. The number of aryl methyl sites for hydroxylation is 4. The highest BCUT2D eigenvalue weighted by Crippen LogP contribution is 2.28. The minimum Gasteiger partial charge on any atom is -0.508 e.